The Morgan fingerprint density at radius 2 is 2.06 bits per heavy atom. The minimum Gasteiger partial charge on any atom is -0.489 e. The van der Waals surface area contributed by atoms with Gasteiger partial charge in [0.2, 0.25) is 0 Å². The molecule has 31 heavy (non-hydrogen) atoms. The van der Waals surface area contributed by atoms with Gasteiger partial charge in [-0.3, -0.25) is 9.69 Å². The summed E-state index contributed by atoms with van der Waals surface area (Å²) in [7, 11) is 0. The van der Waals surface area contributed by atoms with E-state index >= 15 is 0 Å². The Kier molecular flexibility index (Phi) is 6.23. The lowest BCUT2D eigenvalue weighted by atomic mass is 10.0. The van der Waals surface area contributed by atoms with E-state index in [9.17, 15) is 9.18 Å². The number of aromatic nitrogens is 2. The first kappa shape index (κ1) is 20.9. The maximum Gasteiger partial charge on any atom is 0.307 e. The molecule has 0 bridgehead atoms. The fourth-order valence-electron chi connectivity index (χ4n) is 3.63. The summed E-state index contributed by atoms with van der Waals surface area (Å²) in [4.78, 5) is 22.5. The van der Waals surface area contributed by atoms with Gasteiger partial charge in [-0.25, -0.2) is 14.4 Å². The molecule has 1 aromatic heterocycles. The number of aliphatic carboxylic acids is 1. The maximum atomic E-state index is 13.3. The second kappa shape index (κ2) is 9.22. The lowest BCUT2D eigenvalue weighted by molar-refractivity contribution is -0.141. The highest BCUT2D eigenvalue weighted by Gasteiger charge is 2.22. The number of carboxylic acid groups (broad SMARTS) is 1. The van der Waals surface area contributed by atoms with Crippen LogP contribution in [-0.4, -0.2) is 39.0 Å². The molecule has 0 radical (unpaired) electrons. The molecule has 1 N–H and O–H groups in total. The van der Waals surface area contributed by atoms with Crippen molar-refractivity contribution < 1.29 is 19.0 Å². The number of nitrogens with zero attached hydrogens (tertiary/aromatic N) is 3. The van der Waals surface area contributed by atoms with E-state index in [-0.39, 0.29) is 5.82 Å². The number of hydrogen-bond donors (Lipinski definition) is 1. The van der Waals surface area contributed by atoms with Crippen molar-refractivity contribution in [2.75, 3.05) is 13.1 Å². The van der Waals surface area contributed by atoms with Crippen LogP contribution in [0.5, 0.6) is 5.75 Å². The van der Waals surface area contributed by atoms with E-state index in [1.165, 1.54) is 12.1 Å². The number of hydrogen-bond acceptors (Lipinski definition) is 5. The summed E-state index contributed by atoms with van der Waals surface area (Å²) in [6.45, 7) is 3.99. The molecule has 1 unspecified atom stereocenters. The van der Waals surface area contributed by atoms with Crippen molar-refractivity contribution in [2.45, 2.75) is 26.5 Å². The summed E-state index contributed by atoms with van der Waals surface area (Å²) in [5.41, 5.74) is 3.72. The molecule has 2 heterocycles. The average molecular weight is 421 g/mol. The molecule has 0 saturated carbocycles. The Morgan fingerprint density at radius 3 is 2.81 bits per heavy atom. The van der Waals surface area contributed by atoms with Crippen LogP contribution in [0.25, 0.3) is 11.4 Å². The first-order valence-corrected chi connectivity index (χ1v) is 10.3. The predicted octanol–water partition coefficient (Wildman–Crippen LogP) is 3.94. The SMILES string of the molecule is CC(CN1CCc2nc(-c3ccc(OCc4cccc(F)c4)cc3)ncc2C1)C(=O)O. The van der Waals surface area contributed by atoms with E-state index in [1.54, 1.807) is 13.0 Å². The number of fused-ring (bicyclic) bond motifs is 1. The van der Waals surface area contributed by atoms with E-state index in [0.29, 0.717) is 31.3 Å². The third-order valence-corrected chi connectivity index (χ3v) is 5.37. The Hall–Kier alpha value is -3.32. The fourth-order valence-corrected chi connectivity index (χ4v) is 3.63. The third kappa shape index (κ3) is 5.24. The quantitative estimate of drug-likeness (QED) is 0.623. The third-order valence-electron chi connectivity index (χ3n) is 5.37. The van der Waals surface area contributed by atoms with Gasteiger partial charge in [-0.05, 0) is 42.0 Å². The lowest BCUT2D eigenvalue weighted by Gasteiger charge is -2.29. The van der Waals surface area contributed by atoms with Crippen molar-refractivity contribution in [1.82, 2.24) is 14.9 Å². The Morgan fingerprint density at radius 1 is 1.26 bits per heavy atom. The van der Waals surface area contributed by atoms with Crippen molar-refractivity contribution in [2.24, 2.45) is 5.92 Å². The van der Waals surface area contributed by atoms with Gasteiger partial charge >= 0.3 is 5.97 Å². The van der Waals surface area contributed by atoms with Gasteiger partial charge in [0.05, 0.1) is 11.6 Å². The van der Waals surface area contributed by atoms with Gasteiger partial charge in [0.25, 0.3) is 0 Å². The minimum absolute atomic E-state index is 0.277. The molecule has 0 fully saturated rings. The van der Waals surface area contributed by atoms with E-state index in [0.717, 1.165) is 35.3 Å². The standard InChI is InChI=1S/C24H24FN3O3/c1-16(24(29)30)13-28-10-9-22-19(14-28)12-26-23(27-22)18-5-7-21(8-6-18)31-15-17-3-2-4-20(25)11-17/h2-8,11-12,16H,9-10,13-15H2,1H3,(H,29,30). The zero-order valence-electron chi connectivity index (χ0n) is 17.3. The van der Waals surface area contributed by atoms with Gasteiger partial charge in [-0.2, -0.15) is 0 Å². The van der Waals surface area contributed by atoms with Crippen LogP contribution in [0.2, 0.25) is 0 Å². The molecule has 0 spiro atoms. The highest BCUT2D eigenvalue weighted by atomic mass is 19.1. The molecule has 0 aliphatic carbocycles. The zero-order chi connectivity index (χ0) is 21.8. The number of carbonyl (C=O) groups is 1. The lowest BCUT2D eigenvalue weighted by Crippen LogP contribution is -2.36. The van der Waals surface area contributed by atoms with Crippen molar-refractivity contribution in [3.8, 4) is 17.1 Å². The van der Waals surface area contributed by atoms with Gasteiger partial charge in [0.1, 0.15) is 18.2 Å². The highest BCUT2D eigenvalue weighted by molar-refractivity contribution is 5.69. The van der Waals surface area contributed by atoms with Crippen molar-refractivity contribution in [1.29, 1.82) is 0 Å². The number of halogens is 1. The van der Waals surface area contributed by atoms with Crippen LogP contribution >= 0.6 is 0 Å². The maximum absolute atomic E-state index is 13.3. The summed E-state index contributed by atoms with van der Waals surface area (Å²) in [5.74, 6) is -0.110. The Bertz CT molecular complexity index is 1070. The molecule has 1 aliphatic heterocycles. The minimum atomic E-state index is -0.777. The van der Waals surface area contributed by atoms with Crippen LogP contribution in [0.4, 0.5) is 4.39 Å². The molecular weight excluding hydrogens is 397 g/mol. The van der Waals surface area contributed by atoms with Crippen molar-refractivity contribution in [3.63, 3.8) is 0 Å². The number of carboxylic acids is 1. The molecule has 0 amide bonds. The molecule has 3 aromatic rings. The summed E-state index contributed by atoms with van der Waals surface area (Å²) >= 11 is 0. The second-order valence-corrected chi connectivity index (χ2v) is 7.83. The first-order valence-electron chi connectivity index (χ1n) is 10.3. The van der Waals surface area contributed by atoms with E-state index in [4.69, 9.17) is 14.8 Å². The molecule has 1 atom stereocenters. The Labute approximate surface area is 180 Å². The molecule has 7 heteroatoms. The smallest absolute Gasteiger partial charge is 0.307 e. The van der Waals surface area contributed by atoms with Gasteiger partial charge in [-0.1, -0.05) is 19.1 Å². The number of rotatable bonds is 7. The molecule has 4 rings (SSSR count). The zero-order valence-corrected chi connectivity index (χ0v) is 17.3. The van der Waals surface area contributed by atoms with Crippen LogP contribution in [-0.2, 0) is 24.4 Å². The van der Waals surface area contributed by atoms with E-state index < -0.39 is 11.9 Å². The normalized spacial score (nSPS) is 14.6. The van der Waals surface area contributed by atoms with Crippen LogP contribution in [0.15, 0.2) is 54.7 Å². The molecule has 2 aromatic carbocycles. The van der Waals surface area contributed by atoms with Gasteiger partial charge in [0.15, 0.2) is 5.82 Å². The number of benzene rings is 2. The van der Waals surface area contributed by atoms with E-state index in [1.807, 2.05) is 36.5 Å². The molecule has 160 valence electrons. The molecule has 6 nitrogen and oxygen atoms in total. The first-order chi connectivity index (χ1) is 15.0. The van der Waals surface area contributed by atoms with Crippen LogP contribution in [0, 0.1) is 11.7 Å². The molecular formula is C24H24FN3O3. The number of ether oxygens (including phenoxy) is 1. The van der Waals surface area contributed by atoms with Crippen LogP contribution in [0.1, 0.15) is 23.7 Å². The molecule has 0 saturated heterocycles. The summed E-state index contributed by atoms with van der Waals surface area (Å²) < 4.78 is 19.0. The average Bonchev–Trinajstić information content (AvgIpc) is 2.77. The summed E-state index contributed by atoms with van der Waals surface area (Å²) in [5, 5.41) is 9.12. The summed E-state index contributed by atoms with van der Waals surface area (Å²) in [6, 6.07) is 13.9. The topological polar surface area (TPSA) is 75.5 Å². The second-order valence-electron chi connectivity index (χ2n) is 7.83. The molecule has 1 aliphatic rings. The van der Waals surface area contributed by atoms with Gasteiger partial charge < -0.3 is 9.84 Å². The highest BCUT2D eigenvalue weighted by Crippen LogP contribution is 2.24. The fraction of sp³-hybridized carbons (Fsp3) is 0.292. The summed E-state index contributed by atoms with van der Waals surface area (Å²) in [6.07, 6.45) is 2.61. The van der Waals surface area contributed by atoms with Crippen LogP contribution < -0.4 is 4.74 Å². The monoisotopic (exact) mass is 421 g/mol. The van der Waals surface area contributed by atoms with Crippen molar-refractivity contribution in [3.05, 3.63) is 77.4 Å². The van der Waals surface area contributed by atoms with E-state index in [2.05, 4.69) is 9.88 Å². The van der Waals surface area contributed by atoms with Gasteiger partial charge in [0, 0.05) is 43.4 Å². The van der Waals surface area contributed by atoms with Crippen LogP contribution in [0.3, 0.4) is 0 Å². The predicted molar refractivity (Wildman–Crippen MR) is 114 cm³/mol. The Balaban J connectivity index is 1.39. The van der Waals surface area contributed by atoms with Gasteiger partial charge in [-0.15, -0.1) is 0 Å². The van der Waals surface area contributed by atoms with Crippen molar-refractivity contribution >= 4 is 5.97 Å². The largest absolute Gasteiger partial charge is 0.489 e.